The summed E-state index contributed by atoms with van der Waals surface area (Å²) in [6.45, 7) is -0.882. The number of alkyl halides is 2. The van der Waals surface area contributed by atoms with E-state index in [0.29, 0.717) is 0 Å². The molecule has 126 valence electrons. The van der Waals surface area contributed by atoms with Crippen LogP contribution < -0.4 is 10.4 Å². The molecular formula is C15H8BClF4N4. The molecule has 10 heteroatoms. The molecule has 0 aliphatic heterocycles. The monoisotopic (exact) mass is 366 g/mol. The van der Waals surface area contributed by atoms with Gasteiger partial charge in [0.15, 0.2) is 5.82 Å². The topological polar surface area (TPSA) is 41.9 Å². The molecule has 0 saturated heterocycles. The molecule has 0 aliphatic carbocycles. The predicted octanol–water partition coefficient (Wildman–Crippen LogP) is 3.15. The summed E-state index contributed by atoms with van der Waals surface area (Å²) in [5.41, 5.74) is 0.0181. The van der Waals surface area contributed by atoms with E-state index in [4.69, 9.17) is 19.4 Å². The summed E-state index contributed by atoms with van der Waals surface area (Å²) < 4.78 is 54.1. The molecule has 25 heavy (non-hydrogen) atoms. The number of rotatable bonds is 4. The van der Waals surface area contributed by atoms with Crippen molar-refractivity contribution in [2.45, 2.75) is 6.43 Å². The first-order valence-electron chi connectivity index (χ1n) is 6.93. The van der Waals surface area contributed by atoms with Crippen molar-refractivity contribution in [1.82, 2.24) is 15.0 Å². The average molecular weight is 367 g/mol. The lowest BCUT2D eigenvalue weighted by Crippen LogP contribution is -2.26. The molecule has 0 atom stereocenters. The van der Waals surface area contributed by atoms with E-state index in [1.807, 2.05) is 0 Å². The molecule has 2 aromatic heterocycles. The Hall–Kier alpha value is -2.42. The van der Waals surface area contributed by atoms with Crippen molar-refractivity contribution in [3.8, 4) is 0 Å². The molecule has 0 aliphatic rings. The molecule has 0 spiro atoms. The van der Waals surface area contributed by atoms with Crippen LogP contribution in [-0.4, -0.2) is 35.8 Å². The molecule has 0 fully saturated rings. The molecule has 0 amide bonds. The Morgan fingerprint density at radius 3 is 2.56 bits per heavy atom. The van der Waals surface area contributed by atoms with Gasteiger partial charge in [0.25, 0.3) is 6.43 Å². The fourth-order valence-corrected chi connectivity index (χ4v) is 2.57. The number of halogens is 5. The lowest BCUT2D eigenvalue weighted by molar-refractivity contribution is 0.158. The molecule has 4 nitrogen and oxygen atoms in total. The van der Waals surface area contributed by atoms with Gasteiger partial charge in [0, 0.05) is 5.69 Å². The Kier molecular flexibility index (Phi) is 4.76. The van der Waals surface area contributed by atoms with Crippen molar-refractivity contribution in [1.29, 1.82) is 0 Å². The van der Waals surface area contributed by atoms with E-state index >= 15 is 0 Å². The first-order valence-corrected chi connectivity index (χ1v) is 7.31. The van der Waals surface area contributed by atoms with E-state index in [-0.39, 0.29) is 33.2 Å². The number of hydrogen-bond donors (Lipinski definition) is 0. The molecular weight excluding hydrogens is 358 g/mol. The molecule has 3 aromatic rings. The third-order valence-corrected chi connectivity index (χ3v) is 3.48. The first kappa shape index (κ1) is 17.4. The summed E-state index contributed by atoms with van der Waals surface area (Å²) in [6, 6.07) is 3.28. The second-order valence-corrected chi connectivity index (χ2v) is 5.41. The summed E-state index contributed by atoms with van der Waals surface area (Å²) in [6.07, 6.45) is -0.710. The number of pyridine rings is 1. The zero-order chi connectivity index (χ0) is 18.1. The number of aromatic nitrogens is 3. The van der Waals surface area contributed by atoms with Crippen LogP contribution in [0.25, 0.3) is 10.9 Å². The minimum Gasteiger partial charge on any atom is -0.320 e. The molecule has 2 radical (unpaired) electrons. The number of anilines is 2. The lowest BCUT2D eigenvalue weighted by Gasteiger charge is -2.25. The van der Waals surface area contributed by atoms with Gasteiger partial charge in [-0.25, -0.2) is 22.5 Å². The van der Waals surface area contributed by atoms with E-state index in [2.05, 4.69) is 15.0 Å². The highest BCUT2D eigenvalue weighted by Gasteiger charge is 2.22. The Bertz CT molecular complexity index is 921. The highest BCUT2D eigenvalue weighted by molar-refractivity contribution is 6.32. The van der Waals surface area contributed by atoms with Crippen molar-refractivity contribution in [2.75, 3.05) is 11.4 Å². The molecule has 3 rings (SSSR count). The fraction of sp³-hybridized carbons (Fsp3) is 0.133. The maximum atomic E-state index is 14.3. The average Bonchev–Trinajstić information content (AvgIpc) is 2.50. The Morgan fingerprint density at radius 1 is 1.12 bits per heavy atom. The molecule has 2 heterocycles. The summed E-state index contributed by atoms with van der Waals surface area (Å²) in [5, 5.41) is -0.457. The maximum absolute atomic E-state index is 14.3. The van der Waals surface area contributed by atoms with Gasteiger partial charge < -0.3 is 4.90 Å². The maximum Gasteiger partial charge on any atom is 0.256 e. The van der Waals surface area contributed by atoms with Crippen LogP contribution in [0.4, 0.5) is 29.1 Å². The minimum absolute atomic E-state index is 0.0147. The Balaban J connectivity index is 2.28. The molecule has 0 bridgehead atoms. The van der Waals surface area contributed by atoms with Crippen LogP contribution in [-0.2, 0) is 0 Å². The van der Waals surface area contributed by atoms with E-state index in [1.54, 1.807) is 0 Å². The number of nitrogens with zero attached hydrogens (tertiary/aromatic N) is 4. The van der Waals surface area contributed by atoms with Crippen LogP contribution >= 0.6 is 11.6 Å². The van der Waals surface area contributed by atoms with Crippen molar-refractivity contribution in [2.24, 2.45) is 0 Å². The quantitative estimate of drug-likeness (QED) is 0.404. The van der Waals surface area contributed by atoms with Gasteiger partial charge in [0.05, 0.1) is 29.8 Å². The first-order chi connectivity index (χ1) is 11.8. The van der Waals surface area contributed by atoms with Gasteiger partial charge >= 0.3 is 0 Å². The van der Waals surface area contributed by atoms with E-state index in [1.165, 1.54) is 12.3 Å². The van der Waals surface area contributed by atoms with Crippen LogP contribution in [0.1, 0.15) is 0 Å². The van der Waals surface area contributed by atoms with Crippen LogP contribution in [0.3, 0.4) is 0 Å². The number of benzene rings is 1. The van der Waals surface area contributed by atoms with E-state index in [9.17, 15) is 17.6 Å². The van der Waals surface area contributed by atoms with Crippen LogP contribution in [0.2, 0.25) is 5.28 Å². The summed E-state index contributed by atoms with van der Waals surface area (Å²) >= 11 is 5.82. The van der Waals surface area contributed by atoms with Gasteiger partial charge in [-0.1, -0.05) is 5.46 Å². The van der Waals surface area contributed by atoms with Crippen molar-refractivity contribution in [3.63, 3.8) is 0 Å². The van der Waals surface area contributed by atoms with E-state index in [0.717, 1.165) is 23.2 Å². The second-order valence-electron chi connectivity index (χ2n) is 5.08. The normalized spacial score (nSPS) is 11.3. The van der Waals surface area contributed by atoms with Gasteiger partial charge in [0.2, 0.25) is 5.28 Å². The molecule has 0 N–H and O–H groups in total. The molecule has 1 aromatic carbocycles. The zero-order valence-corrected chi connectivity index (χ0v) is 13.2. The van der Waals surface area contributed by atoms with Crippen molar-refractivity contribution < 1.29 is 17.6 Å². The Labute approximate surface area is 145 Å². The largest absolute Gasteiger partial charge is 0.320 e. The van der Waals surface area contributed by atoms with Crippen LogP contribution in [0, 0.1) is 11.6 Å². The third-order valence-electron chi connectivity index (χ3n) is 3.31. The minimum atomic E-state index is -2.82. The van der Waals surface area contributed by atoms with Gasteiger partial charge in [-0.3, -0.25) is 4.98 Å². The number of fused-ring (bicyclic) bond motifs is 1. The fourth-order valence-electron chi connectivity index (χ4n) is 2.40. The van der Waals surface area contributed by atoms with Crippen LogP contribution in [0.5, 0.6) is 0 Å². The van der Waals surface area contributed by atoms with Crippen LogP contribution in [0.15, 0.2) is 30.6 Å². The smallest absolute Gasteiger partial charge is 0.256 e. The highest BCUT2D eigenvalue weighted by Crippen LogP contribution is 2.32. The second kappa shape index (κ2) is 6.83. The third kappa shape index (κ3) is 3.66. The van der Waals surface area contributed by atoms with Gasteiger partial charge in [-0.05, 0) is 29.8 Å². The van der Waals surface area contributed by atoms with Crippen molar-refractivity contribution >= 4 is 47.3 Å². The standard InChI is InChI=1S/C15H8BClF4N4/c16-7-1-8(18)3-9(2-7)25(6-12(20)21)14-13-10(19)4-22-5-11(13)23-15(17)24-14/h1-5,12H,6H2. The number of hydrogen-bond acceptors (Lipinski definition) is 4. The highest BCUT2D eigenvalue weighted by atomic mass is 35.5. The lowest BCUT2D eigenvalue weighted by atomic mass is 9.95. The molecule has 0 unspecified atom stereocenters. The summed E-state index contributed by atoms with van der Waals surface area (Å²) in [7, 11) is 5.58. The zero-order valence-electron chi connectivity index (χ0n) is 12.4. The summed E-state index contributed by atoms with van der Waals surface area (Å²) in [4.78, 5) is 12.3. The van der Waals surface area contributed by atoms with Gasteiger partial charge in [0.1, 0.15) is 19.5 Å². The van der Waals surface area contributed by atoms with Crippen molar-refractivity contribution in [3.05, 3.63) is 47.5 Å². The Morgan fingerprint density at radius 2 is 1.88 bits per heavy atom. The predicted molar refractivity (Wildman–Crippen MR) is 87.1 cm³/mol. The SMILES string of the molecule is [B]c1cc(F)cc(N(CC(F)F)c2nc(Cl)nc3cncc(F)c23)c1. The van der Waals surface area contributed by atoms with Gasteiger partial charge in [-0.2, -0.15) is 4.98 Å². The molecule has 0 saturated carbocycles. The van der Waals surface area contributed by atoms with Gasteiger partial charge in [-0.15, -0.1) is 0 Å². The van der Waals surface area contributed by atoms with E-state index < -0.39 is 24.6 Å². The summed E-state index contributed by atoms with van der Waals surface area (Å²) in [5.74, 6) is -1.80.